The molecular formula is C13H17NO3S. The highest BCUT2D eigenvalue weighted by atomic mass is 32.2. The maximum absolute atomic E-state index is 12.1. The van der Waals surface area contributed by atoms with E-state index in [0.29, 0.717) is 6.54 Å². The molecule has 1 aromatic carbocycles. The van der Waals surface area contributed by atoms with Crippen molar-refractivity contribution >= 4 is 21.4 Å². The zero-order valence-electron chi connectivity index (χ0n) is 10.4. The molecule has 0 bridgehead atoms. The van der Waals surface area contributed by atoms with Gasteiger partial charge in [-0.15, -0.1) is 0 Å². The Morgan fingerprint density at radius 1 is 1.33 bits per heavy atom. The first-order chi connectivity index (χ1) is 8.47. The third-order valence-corrected chi connectivity index (χ3v) is 4.04. The van der Waals surface area contributed by atoms with Crippen LogP contribution in [0, 0.1) is 0 Å². The van der Waals surface area contributed by atoms with Crippen LogP contribution in [0.4, 0.5) is 5.69 Å². The van der Waals surface area contributed by atoms with E-state index in [2.05, 4.69) is 0 Å². The Morgan fingerprint density at radius 3 is 2.78 bits per heavy atom. The summed E-state index contributed by atoms with van der Waals surface area (Å²) in [6.45, 7) is 0.680. The molecule has 2 rings (SSSR count). The van der Waals surface area contributed by atoms with Gasteiger partial charge in [0.1, 0.15) is 9.84 Å². The fraction of sp³-hybridized carbons (Fsp3) is 0.462. The molecule has 0 saturated carbocycles. The molecule has 1 aliphatic rings. The lowest BCUT2D eigenvalue weighted by Crippen LogP contribution is -2.36. The van der Waals surface area contributed by atoms with Crippen molar-refractivity contribution in [2.75, 3.05) is 23.5 Å². The molecule has 0 unspecified atom stereocenters. The summed E-state index contributed by atoms with van der Waals surface area (Å²) in [6, 6.07) is 7.81. The predicted molar refractivity (Wildman–Crippen MR) is 71.4 cm³/mol. The van der Waals surface area contributed by atoms with Gasteiger partial charge in [-0.3, -0.25) is 4.79 Å². The van der Waals surface area contributed by atoms with E-state index in [4.69, 9.17) is 0 Å². The van der Waals surface area contributed by atoms with Gasteiger partial charge in [-0.1, -0.05) is 18.2 Å². The van der Waals surface area contributed by atoms with Crippen LogP contribution < -0.4 is 4.90 Å². The molecule has 0 spiro atoms. The molecule has 0 N–H and O–H groups in total. The number of para-hydroxylation sites is 1. The first kappa shape index (κ1) is 13.1. The fourth-order valence-electron chi connectivity index (χ4n) is 2.20. The van der Waals surface area contributed by atoms with Gasteiger partial charge in [0.25, 0.3) is 0 Å². The van der Waals surface area contributed by atoms with Gasteiger partial charge in [0.15, 0.2) is 0 Å². The Bertz CT molecular complexity index is 551. The van der Waals surface area contributed by atoms with E-state index in [1.54, 1.807) is 4.90 Å². The Kier molecular flexibility index (Phi) is 3.71. The number of carbonyl (C=O) groups excluding carboxylic acids is 1. The number of hydrogen-bond donors (Lipinski definition) is 0. The van der Waals surface area contributed by atoms with E-state index in [0.717, 1.165) is 30.3 Å². The van der Waals surface area contributed by atoms with Crippen molar-refractivity contribution in [1.82, 2.24) is 0 Å². The summed E-state index contributed by atoms with van der Waals surface area (Å²) in [7, 11) is -3.08. The highest BCUT2D eigenvalue weighted by Gasteiger charge is 2.22. The maximum Gasteiger partial charge on any atom is 0.228 e. The average molecular weight is 267 g/mol. The van der Waals surface area contributed by atoms with Crippen LogP contribution in [0.25, 0.3) is 0 Å². The summed E-state index contributed by atoms with van der Waals surface area (Å²) in [4.78, 5) is 13.8. The van der Waals surface area contributed by atoms with E-state index in [1.807, 2.05) is 24.3 Å². The second-order valence-electron chi connectivity index (χ2n) is 4.66. The van der Waals surface area contributed by atoms with Gasteiger partial charge in [0.2, 0.25) is 5.91 Å². The Morgan fingerprint density at radius 2 is 2.06 bits per heavy atom. The van der Waals surface area contributed by atoms with Crippen LogP contribution in [-0.4, -0.2) is 32.9 Å². The molecule has 0 atom stereocenters. The number of amides is 1. The number of aryl methyl sites for hydroxylation is 1. The molecule has 1 heterocycles. The maximum atomic E-state index is 12.1. The highest BCUT2D eigenvalue weighted by Crippen LogP contribution is 2.27. The van der Waals surface area contributed by atoms with Gasteiger partial charge < -0.3 is 4.90 Å². The standard InChI is InChI=1S/C13H17NO3S/c1-18(16,17)10-8-13(15)14-9-4-6-11-5-2-3-7-12(11)14/h2-3,5,7H,4,6,8-10H2,1H3. The van der Waals surface area contributed by atoms with Gasteiger partial charge in [-0.05, 0) is 24.5 Å². The van der Waals surface area contributed by atoms with Gasteiger partial charge in [0.05, 0.1) is 5.75 Å². The molecule has 98 valence electrons. The third-order valence-electron chi connectivity index (χ3n) is 3.10. The minimum Gasteiger partial charge on any atom is -0.312 e. The number of hydrogen-bond acceptors (Lipinski definition) is 3. The number of sulfone groups is 1. The quantitative estimate of drug-likeness (QED) is 0.832. The number of benzene rings is 1. The predicted octanol–water partition coefficient (Wildman–Crippen LogP) is 1.40. The van der Waals surface area contributed by atoms with Crippen LogP contribution in [0.2, 0.25) is 0 Å². The molecule has 0 radical (unpaired) electrons. The Labute approximate surface area is 108 Å². The van der Waals surface area contributed by atoms with Crippen LogP contribution in [0.3, 0.4) is 0 Å². The lowest BCUT2D eigenvalue weighted by Gasteiger charge is -2.29. The molecule has 1 aliphatic heterocycles. The fourth-order valence-corrected chi connectivity index (χ4v) is 2.75. The molecule has 0 fully saturated rings. The molecule has 18 heavy (non-hydrogen) atoms. The lowest BCUT2D eigenvalue weighted by molar-refractivity contribution is -0.118. The number of rotatable bonds is 3. The van der Waals surface area contributed by atoms with E-state index in [1.165, 1.54) is 0 Å². The van der Waals surface area contributed by atoms with E-state index >= 15 is 0 Å². The summed E-state index contributed by atoms with van der Waals surface area (Å²) in [5.74, 6) is -0.183. The summed E-state index contributed by atoms with van der Waals surface area (Å²) in [6.07, 6.45) is 3.13. The zero-order valence-corrected chi connectivity index (χ0v) is 11.2. The Balaban J connectivity index is 2.13. The number of anilines is 1. The van der Waals surface area contributed by atoms with Gasteiger partial charge in [0, 0.05) is 24.9 Å². The van der Waals surface area contributed by atoms with E-state index in [-0.39, 0.29) is 18.1 Å². The van der Waals surface area contributed by atoms with Crippen molar-refractivity contribution < 1.29 is 13.2 Å². The van der Waals surface area contributed by atoms with Crippen molar-refractivity contribution in [3.63, 3.8) is 0 Å². The molecule has 0 saturated heterocycles. The summed E-state index contributed by atoms with van der Waals surface area (Å²) >= 11 is 0. The van der Waals surface area contributed by atoms with Crippen molar-refractivity contribution in [3.05, 3.63) is 29.8 Å². The third kappa shape index (κ3) is 3.10. The topological polar surface area (TPSA) is 54.5 Å². The summed E-state index contributed by atoms with van der Waals surface area (Å²) in [5, 5.41) is 0. The second kappa shape index (κ2) is 5.10. The Hall–Kier alpha value is -1.36. The van der Waals surface area contributed by atoms with E-state index in [9.17, 15) is 13.2 Å². The molecule has 0 aromatic heterocycles. The van der Waals surface area contributed by atoms with Crippen LogP contribution in [-0.2, 0) is 21.1 Å². The molecular weight excluding hydrogens is 250 g/mol. The highest BCUT2D eigenvalue weighted by molar-refractivity contribution is 7.90. The van der Waals surface area contributed by atoms with Crippen molar-refractivity contribution in [2.45, 2.75) is 19.3 Å². The lowest BCUT2D eigenvalue weighted by atomic mass is 10.0. The minimum atomic E-state index is -3.08. The summed E-state index contributed by atoms with van der Waals surface area (Å²) in [5.41, 5.74) is 2.10. The van der Waals surface area contributed by atoms with Crippen LogP contribution in [0.5, 0.6) is 0 Å². The number of fused-ring (bicyclic) bond motifs is 1. The molecule has 1 amide bonds. The molecule has 5 heteroatoms. The summed E-state index contributed by atoms with van der Waals surface area (Å²) < 4.78 is 22.2. The van der Waals surface area contributed by atoms with Crippen LogP contribution >= 0.6 is 0 Å². The van der Waals surface area contributed by atoms with Gasteiger partial charge >= 0.3 is 0 Å². The van der Waals surface area contributed by atoms with Gasteiger partial charge in [-0.2, -0.15) is 0 Å². The molecule has 0 aliphatic carbocycles. The monoisotopic (exact) mass is 267 g/mol. The largest absolute Gasteiger partial charge is 0.312 e. The smallest absolute Gasteiger partial charge is 0.228 e. The first-order valence-electron chi connectivity index (χ1n) is 6.03. The van der Waals surface area contributed by atoms with Crippen molar-refractivity contribution in [1.29, 1.82) is 0 Å². The SMILES string of the molecule is CS(=O)(=O)CCC(=O)N1CCCc2ccccc21. The van der Waals surface area contributed by atoms with Crippen molar-refractivity contribution in [2.24, 2.45) is 0 Å². The average Bonchev–Trinajstić information content (AvgIpc) is 2.34. The van der Waals surface area contributed by atoms with Crippen LogP contribution in [0.15, 0.2) is 24.3 Å². The second-order valence-corrected chi connectivity index (χ2v) is 6.92. The molecule has 4 nitrogen and oxygen atoms in total. The minimum absolute atomic E-state index is 0.0627. The number of carbonyl (C=O) groups is 1. The number of nitrogens with zero attached hydrogens (tertiary/aromatic N) is 1. The zero-order chi connectivity index (χ0) is 13.2. The van der Waals surface area contributed by atoms with Gasteiger partial charge in [-0.25, -0.2) is 8.42 Å². The van der Waals surface area contributed by atoms with Crippen LogP contribution in [0.1, 0.15) is 18.4 Å². The first-order valence-corrected chi connectivity index (χ1v) is 8.09. The van der Waals surface area contributed by atoms with E-state index < -0.39 is 9.84 Å². The normalized spacial score (nSPS) is 15.3. The molecule has 1 aromatic rings. The van der Waals surface area contributed by atoms with Crippen molar-refractivity contribution in [3.8, 4) is 0 Å².